The summed E-state index contributed by atoms with van der Waals surface area (Å²) in [6.45, 7) is 2.53. The van der Waals surface area contributed by atoms with Crippen LogP contribution in [0.2, 0.25) is 0 Å². The third kappa shape index (κ3) is 2.57. The van der Waals surface area contributed by atoms with Crippen molar-refractivity contribution in [3.63, 3.8) is 0 Å². The summed E-state index contributed by atoms with van der Waals surface area (Å²) in [6.07, 6.45) is -0.950. The van der Waals surface area contributed by atoms with E-state index in [9.17, 15) is 4.79 Å². The van der Waals surface area contributed by atoms with Gasteiger partial charge in [0, 0.05) is 10.8 Å². The van der Waals surface area contributed by atoms with E-state index >= 15 is 0 Å². The lowest BCUT2D eigenvalue weighted by atomic mass is 10.3. The van der Waals surface area contributed by atoms with E-state index < -0.39 is 6.16 Å². The minimum absolute atomic E-state index is 0.133. The maximum atomic E-state index is 10.9. The number of hydrogen-bond donors (Lipinski definition) is 0. The normalized spacial score (nSPS) is 17.9. The van der Waals surface area contributed by atoms with Crippen LogP contribution in [0.4, 0.5) is 4.79 Å². The van der Waals surface area contributed by atoms with Gasteiger partial charge in [-0.15, -0.1) is 11.3 Å². The van der Waals surface area contributed by atoms with Crippen molar-refractivity contribution in [1.82, 2.24) is 0 Å². The Kier molecular flexibility index (Phi) is 3.51. The van der Waals surface area contributed by atoms with Crippen LogP contribution >= 0.6 is 11.3 Å². The molecule has 1 atom stereocenters. The van der Waals surface area contributed by atoms with E-state index in [0.717, 1.165) is 5.75 Å². The molecule has 0 aliphatic carbocycles. The molecule has 0 saturated heterocycles. The molecule has 1 aromatic heterocycles. The molecule has 1 unspecified atom stereocenters. The van der Waals surface area contributed by atoms with Gasteiger partial charge in [-0.2, -0.15) is 0 Å². The second kappa shape index (κ2) is 5.07. The lowest BCUT2D eigenvalue weighted by Gasteiger charge is -2.23. The predicted molar refractivity (Wildman–Crippen MR) is 57.2 cm³/mol. The van der Waals surface area contributed by atoms with E-state index in [1.54, 1.807) is 6.92 Å². The first kappa shape index (κ1) is 11.1. The van der Waals surface area contributed by atoms with Gasteiger partial charge in [0.15, 0.2) is 17.6 Å². The van der Waals surface area contributed by atoms with Crippen molar-refractivity contribution >= 4 is 17.5 Å². The molecule has 0 radical (unpaired) electrons. The van der Waals surface area contributed by atoms with Gasteiger partial charge < -0.3 is 18.9 Å². The van der Waals surface area contributed by atoms with E-state index in [4.69, 9.17) is 14.2 Å². The van der Waals surface area contributed by atoms with Gasteiger partial charge in [-0.05, 0) is 6.92 Å². The Hall–Kier alpha value is -1.43. The van der Waals surface area contributed by atoms with Gasteiger partial charge in [-0.1, -0.05) is 0 Å². The second-order valence-corrected chi connectivity index (χ2v) is 3.89. The minimum atomic E-state index is -0.679. The third-order valence-electron chi connectivity index (χ3n) is 1.96. The minimum Gasteiger partial charge on any atom is -0.485 e. The zero-order valence-electron chi connectivity index (χ0n) is 8.80. The summed E-state index contributed by atoms with van der Waals surface area (Å²) < 4.78 is 20.5. The van der Waals surface area contributed by atoms with E-state index in [1.165, 1.54) is 11.3 Å². The summed E-state index contributed by atoms with van der Waals surface area (Å²) >= 11 is 1.51. The molecule has 0 spiro atoms. The quantitative estimate of drug-likeness (QED) is 0.762. The smallest absolute Gasteiger partial charge is 0.485 e. The standard InChI is InChI=1S/C10H12O5S/c1-2-12-10(11)14-4-7-3-13-8-5-16-6-9(8)15-7/h5-7H,2-4H2,1H3. The van der Waals surface area contributed by atoms with Crippen LogP contribution in [-0.4, -0.2) is 32.1 Å². The van der Waals surface area contributed by atoms with Crippen molar-refractivity contribution in [3.8, 4) is 11.5 Å². The highest BCUT2D eigenvalue weighted by molar-refractivity contribution is 7.08. The topological polar surface area (TPSA) is 54.0 Å². The number of rotatable bonds is 3. The van der Waals surface area contributed by atoms with Crippen LogP contribution in [0.3, 0.4) is 0 Å². The maximum Gasteiger partial charge on any atom is 0.508 e. The Morgan fingerprint density at radius 3 is 3.12 bits per heavy atom. The molecular formula is C10H12O5S. The molecule has 0 bridgehead atoms. The average Bonchev–Trinajstić information content (AvgIpc) is 2.74. The highest BCUT2D eigenvalue weighted by Crippen LogP contribution is 2.35. The zero-order chi connectivity index (χ0) is 11.4. The van der Waals surface area contributed by atoms with Crippen LogP contribution in [0.5, 0.6) is 11.5 Å². The van der Waals surface area contributed by atoms with Crippen LogP contribution in [0.15, 0.2) is 10.8 Å². The molecule has 2 rings (SSSR count). The van der Waals surface area contributed by atoms with Crippen molar-refractivity contribution < 1.29 is 23.7 Å². The summed E-state index contributed by atoms with van der Waals surface area (Å²) in [4.78, 5) is 10.9. The van der Waals surface area contributed by atoms with Gasteiger partial charge in [-0.25, -0.2) is 4.79 Å². The van der Waals surface area contributed by atoms with Gasteiger partial charge in [0.25, 0.3) is 0 Å². The Bertz CT molecular complexity index is 362. The molecule has 5 nitrogen and oxygen atoms in total. The third-order valence-corrected chi connectivity index (χ3v) is 2.66. The highest BCUT2D eigenvalue weighted by Gasteiger charge is 2.23. The number of fused-ring (bicyclic) bond motifs is 1. The van der Waals surface area contributed by atoms with Gasteiger partial charge >= 0.3 is 6.16 Å². The lowest BCUT2D eigenvalue weighted by molar-refractivity contribution is 0.00480. The average molecular weight is 244 g/mol. The fraction of sp³-hybridized carbons (Fsp3) is 0.500. The second-order valence-electron chi connectivity index (χ2n) is 3.15. The molecule has 0 fully saturated rings. The number of carbonyl (C=O) groups excluding carboxylic acids is 1. The summed E-state index contributed by atoms with van der Waals surface area (Å²) in [6, 6.07) is 0. The van der Waals surface area contributed by atoms with Crippen LogP contribution in [-0.2, 0) is 9.47 Å². The fourth-order valence-corrected chi connectivity index (χ4v) is 1.93. The molecule has 0 saturated carbocycles. The van der Waals surface area contributed by atoms with Crippen LogP contribution in [0.25, 0.3) is 0 Å². The first-order chi connectivity index (χ1) is 7.79. The molecule has 88 valence electrons. The van der Waals surface area contributed by atoms with E-state index in [0.29, 0.717) is 19.0 Å². The SMILES string of the molecule is CCOC(=O)OCC1COc2cscc2O1. The van der Waals surface area contributed by atoms with Crippen molar-refractivity contribution in [2.45, 2.75) is 13.0 Å². The van der Waals surface area contributed by atoms with Crippen LogP contribution in [0, 0.1) is 0 Å². The summed E-state index contributed by atoms with van der Waals surface area (Å²) in [5, 5.41) is 3.73. The molecule has 6 heteroatoms. The largest absolute Gasteiger partial charge is 0.508 e. The molecule has 2 heterocycles. The molecule has 1 aliphatic rings. The van der Waals surface area contributed by atoms with Crippen molar-refractivity contribution in [2.24, 2.45) is 0 Å². The van der Waals surface area contributed by atoms with Gasteiger partial charge in [0.05, 0.1) is 6.61 Å². The predicted octanol–water partition coefficient (Wildman–Crippen LogP) is 2.06. The first-order valence-corrected chi connectivity index (χ1v) is 5.89. The molecule has 0 amide bonds. The molecule has 0 N–H and O–H groups in total. The van der Waals surface area contributed by atoms with Crippen molar-refractivity contribution in [2.75, 3.05) is 19.8 Å². The number of ether oxygens (including phenoxy) is 4. The van der Waals surface area contributed by atoms with Gasteiger partial charge in [0.1, 0.15) is 13.2 Å². The molecule has 1 aromatic rings. The molecule has 16 heavy (non-hydrogen) atoms. The fourth-order valence-electron chi connectivity index (χ4n) is 1.26. The van der Waals surface area contributed by atoms with Gasteiger partial charge in [0.2, 0.25) is 0 Å². The van der Waals surface area contributed by atoms with E-state index in [2.05, 4.69) is 4.74 Å². The van der Waals surface area contributed by atoms with Crippen LogP contribution < -0.4 is 9.47 Å². The monoisotopic (exact) mass is 244 g/mol. The van der Waals surface area contributed by atoms with Gasteiger partial charge in [-0.3, -0.25) is 0 Å². The van der Waals surface area contributed by atoms with E-state index in [-0.39, 0.29) is 12.7 Å². The number of carbonyl (C=O) groups is 1. The Balaban J connectivity index is 1.79. The summed E-state index contributed by atoms with van der Waals surface area (Å²) in [5.74, 6) is 1.45. The number of thiophene rings is 1. The van der Waals surface area contributed by atoms with Crippen molar-refractivity contribution in [1.29, 1.82) is 0 Å². The lowest BCUT2D eigenvalue weighted by Crippen LogP contribution is -2.33. The summed E-state index contributed by atoms with van der Waals surface area (Å²) in [7, 11) is 0. The Labute approximate surface area is 96.9 Å². The van der Waals surface area contributed by atoms with Crippen LogP contribution in [0.1, 0.15) is 6.92 Å². The Morgan fingerprint density at radius 2 is 2.31 bits per heavy atom. The highest BCUT2D eigenvalue weighted by atomic mass is 32.1. The molecule has 0 aromatic carbocycles. The molecule has 1 aliphatic heterocycles. The maximum absolute atomic E-state index is 10.9. The zero-order valence-corrected chi connectivity index (χ0v) is 9.62. The number of hydrogen-bond acceptors (Lipinski definition) is 6. The molecular weight excluding hydrogens is 232 g/mol. The Morgan fingerprint density at radius 1 is 1.50 bits per heavy atom. The summed E-state index contributed by atoms with van der Waals surface area (Å²) in [5.41, 5.74) is 0. The van der Waals surface area contributed by atoms with E-state index in [1.807, 2.05) is 10.8 Å². The van der Waals surface area contributed by atoms with Crippen molar-refractivity contribution in [3.05, 3.63) is 10.8 Å². The first-order valence-electron chi connectivity index (χ1n) is 4.94.